The number of carbonyl (C=O) groups is 2. The van der Waals surface area contributed by atoms with Crippen LogP contribution < -0.4 is 9.47 Å². The molecule has 3 heterocycles. The van der Waals surface area contributed by atoms with Crippen LogP contribution in [0.25, 0.3) is 0 Å². The van der Waals surface area contributed by atoms with E-state index in [-0.39, 0.29) is 19.2 Å². The molecule has 0 N–H and O–H groups in total. The first-order valence-corrected chi connectivity index (χ1v) is 10.5. The summed E-state index contributed by atoms with van der Waals surface area (Å²) in [7, 11) is 1.36. The van der Waals surface area contributed by atoms with E-state index in [9.17, 15) is 9.59 Å². The van der Waals surface area contributed by atoms with E-state index in [2.05, 4.69) is 15.9 Å². The number of carbonyl (C=O) groups excluding carboxylic acids is 2. The number of hydrogen-bond donors (Lipinski definition) is 0. The van der Waals surface area contributed by atoms with Crippen LogP contribution in [0.2, 0.25) is 0 Å². The number of esters is 1. The summed E-state index contributed by atoms with van der Waals surface area (Å²) >= 11 is 3.99. The highest BCUT2D eigenvalue weighted by Crippen LogP contribution is 2.71. The molecular weight excluding hydrogens is 454 g/mol. The normalized spacial score (nSPS) is 32.1. The van der Waals surface area contributed by atoms with Gasteiger partial charge >= 0.3 is 12.1 Å². The predicted octanol–water partition coefficient (Wildman–Crippen LogP) is 4.05. The summed E-state index contributed by atoms with van der Waals surface area (Å²) in [6.07, 6.45) is -1.11. The lowest BCUT2D eigenvalue weighted by molar-refractivity contribution is -0.161. The van der Waals surface area contributed by atoms with Crippen LogP contribution in [-0.2, 0) is 24.1 Å². The zero-order valence-corrected chi connectivity index (χ0v) is 17.9. The summed E-state index contributed by atoms with van der Waals surface area (Å²) in [5, 5.41) is 0. The van der Waals surface area contributed by atoms with E-state index < -0.39 is 28.1 Å². The number of hydrogen-bond acceptors (Lipinski definition) is 6. The Labute approximate surface area is 181 Å². The SMILES string of the molecule is COC(=O)N1C2CC(=O)O[C@@H]3c4cc5c(cc4[C@]1(C)[C@@]3(Br)c1ccccc12)OCO5. The Bertz CT molecular complexity index is 1130. The minimum absolute atomic E-state index is 0.0436. The van der Waals surface area contributed by atoms with E-state index >= 15 is 0 Å². The van der Waals surface area contributed by atoms with Gasteiger partial charge < -0.3 is 18.9 Å². The zero-order chi connectivity index (χ0) is 20.8. The van der Waals surface area contributed by atoms with E-state index in [1.54, 1.807) is 4.90 Å². The van der Waals surface area contributed by atoms with Crippen LogP contribution >= 0.6 is 15.9 Å². The molecule has 6 rings (SSSR count). The summed E-state index contributed by atoms with van der Waals surface area (Å²) in [4.78, 5) is 27.8. The maximum absolute atomic E-state index is 13.2. The van der Waals surface area contributed by atoms with Crippen LogP contribution in [-0.4, -0.2) is 30.9 Å². The third-order valence-corrected chi connectivity index (χ3v) is 8.52. The van der Waals surface area contributed by atoms with Gasteiger partial charge in [-0.2, -0.15) is 0 Å². The fraction of sp³-hybridized carbons (Fsp3) is 0.364. The van der Waals surface area contributed by atoms with E-state index in [1.165, 1.54) is 7.11 Å². The minimum Gasteiger partial charge on any atom is -0.455 e. The molecule has 3 aliphatic heterocycles. The van der Waals surface area contributed by atoms with Gasteiger partial charge in [0, 0.05) is 5.56 Å². The summed E-state index contributed by atoms with van der Waals surface area (Å²) < 4.78 is 21.5. The minimum atomic E-state index is -0.908. The van der Waals surface area contributed by atoms with Crippen molar-refractivity contribution in [3.63, 3.8) is 0 Å². The number of ether oxygens (including phenoxy) is 4. The number of benzene rings is 2. The Kier molecular flexibility index (Phi) is 3.43. The second-order valence-corrected chi connectivity index (χ2v) is 9.34. The smallest absolute Gasteiger partial charge is 0.410 e. The molecule has 1 unspecified atom stereocenters. The molecule has 1 amide bonds. The fourth-order valence-corrected chi connectivity index (χ4v) is 6.74. The lowest BCUT2D eigenvalue weighted by Crippen LogP contribution is -2.62. The number of nitrogens with zero attached hydrogens (tertiary/aromatic N) is 1. The molecule has 0 radical (unpaired) electrons. The molecule has 0 spiro atoms. The number of halogens is 1. The average molecular weight is 472 g/mol. The summed E-state index contributed by atoms with van der Waals surface area (Å²) in [5.74, 6) is 0.836. The summed E-state index contributed by atoms with van der Waals surface area (Å²) in [6, 6.07) is 11.1. The first-order valence-electron chi connectivity index (χ1n) is 9.70. The van der Waals surface area contributed by atoms with Gasteiger partial charge in [-0.1, -0.05) is 40.2 Å². The van der Waals surface area contributed by atoms with Crippen LogP contribution in [0.5, 0.6) is 11.5 Å². The van der Waals surface area contributed by atoms with E-state index in [1.807, 2.05) is 43.3 Å². The van der Waals surface area contributed by atoms with E-state index in [0.717, 1.165) is 22.3 Å². The van der Waals surface area contributed by atoms with Crippen molar-refractivity contribution in [2.75, 3.05) is 13.9 Å². The van der Waals surface area contributed by atoms with Crippen LogP contribution in [0.15, 0.2) is 36.4 Å². The fourth-order valence-electron chi connectivity index (χ4n) is 5.63. The van der Waals surface area contributed by atoms with Crippen LogP contribution in [0.1, 0.15) is 47.7 Å². The first kappa shape index (κ1) is 18.1. The van der Waals surface area contributed by atoms with Crippen molar-refractivity contribution < 1.29 is 28.5 Å². The molecule has 8 heteroatoms. The monoisotopic (exact) mass is 471 g/mol. The molecule has 4 aliphatic rings. The molecule has 0 saturated carbocycles. The Morgan fingerprint density at radius 2 is 1.90 bits per heavy atom. The molecule has 1 aliphatic carbocycles. The Balaban J connectivity index is 1.75. The number of methoxy groups -OCH3 is 1. The third-order valence-electron chi connectivity index (χ3n) is 6.91. The van der Waals surface area contributed by atoms with Gasteiger partial charge in [-0.05, 0) is 35.7 Å². The lowest BCUT2D eigenvalue weighted by atomic mass is 9.70. The highest BCUT2D eigenvalue weighted by molar-refractivity contribution is 9.09. The number of alkyl halides is 1. The van der Waals surface area contributed by atoms with Gasteiger partial charge in [0.2, 0.25) is 6.79 Å². The van der Waals surface area contributed by atoms with Crippen molar-refractivity contribution >= 4 is 28.0 Å². The topological polar surface area (TPSA) is 74.3 Å². The van der Waals surface area contributed by atoms with Crippen molar-refractivity contribution in [2.24, 2.45) is 0 Å². The van der Waals surface area contributed by atoms with Gasteiger partial charge in [0.1, 0.15) is 10.4 Å². The Hall–Kier alpha value is -2.74. The molecule has 4 atom stereocenters. The van der Waals surface area contributed by atoms with Gasteiger partial charge in [-0.15, -0.1) is 0 Å². The highest BCUT2D eigenvalue weighted by atomic mass is 79.9. The molecule has 154 valence electrons. The molecule has 2 aromatic carbocycles. The molecule has 2 aromatic rings. The Morgan fingerprint density at radius 3 is 2.67 bits per heavy atom. The molecule has 1 saturated heterocycles. The van der Waals surface area contributed by atoms with Crippen LogP contribution in [0.4, 0.5) is 4.79 Å². The van der Waals surface area contributed by atoms with Crippen molar-refractivity contribution in [1.29, 1.82) is 0 Å². The third kappa shape index (κ3) is 1.87. The maximum Gasteiger partial charge on any atom is 0.410 e. The van der Waals surface area contributed by atoms with Crippen LogP contribution in [0.3, 0.4) is 0 Å². The molecular formula is C22H18BrNO6. The quantitative estimate of drug-likeness (QED) is 0.426. The molecule has 0 aromatic heterocycles. The second-order valence-electron chi connectivity index (χ2n) is 8.09. The molecule has 30 heavy (non-hydrogen) atoms. The van der Waals surface area contributed by atoms with Gasteiger partial charge in [0.05, 0.1) is 25.1 Å². The van der Waals surface area contributed by atoms with Gasteiger partial charge in [-0.25, -0.2) is 4.79 Å². The summed E-state index contributed by atoms with van der Waals surface area (Å²) in [6.45, 7) is 2.12. The van der Waals surface area contributed by atoms with Gasteiger partial charge in [0.25, 0.3) is 0 Å². The van der Waals surface area contributed by atoms with Crippen molar-refractivity contribution in [1.82, 2.24) is 4.90 Å². The standard InChI is InChI=1S/C22H18BrNO6/c1-21-14-8-17-16(28-10-29-17)7-12(14)19-22(21,23)13-6-4-3-5-11(13)15(9-18(25)30-19)24(21)20(26)27-2/h3-8,15,19H,9-10H2,1-2H3/t15?,19-,21-,22-/m1/s1. The Morgan fingerprint density at radius 1 is 1.17 bits per heavy atom. The largest absolute Gasteiger partial charge is 0.455 e. The van der Waals surface area contributed by atoms with Crippen molar-refractivity contribution in [2.45, 2.75) is 35.4 Å². The second kappa shape index (κ2) is 5.69. The van der Waals surface area contributed by atoms with Crippen molar-refractivity contribution in [3.05, 3.63) is 58.7 Å². The molecule has 4 bridgehead atoms. The number of amides is 1. The highest BCUT2D eigenvalue weighted by Gasteiger charge is 2.71. The number of fused-ring (bicyclic) bond motifs is 6. The summed E-state index contributed by atoms with van der Waals surface area (Å²) in [5.41, 5.74) is 2.63. The zero-order valence-electron chi connectivity index (χ0n) is 16.3. The average Bonchev–Trinajstić information content (AvgIpc) is 3.28. The van der Waals surface area contributed by atoms with Gasteiger partial charge in [0.15, 0.2) is 11.5 Å². The molecule has 7 nitrogen and oxygen atoms in total. The lowest BCUT2D eigenvalue weighted by Gasteiger charge is -2.57. The van der Waals surface area contributed by atoms with Crippen molar-refractivity contribution in [3.8, 4) is 11.5 Å². The van der Waals surface area contributed by atoms with E-state index in [0.29, 0.717) is 11.5 Å². The predicted molar refractivity (Wildman–Crippen MR) is 107 cm³/mol. The maximum atomic E-state index is 13.2. The van der Waals surface area contributed by atoms with Gasteiger partial charge in [-0.3, -0.25) is 9.69 Å². The molecule has 1 fully saturated rings. The van der Waals surface area contributed by atoms with Crippen LogP contribution in [0, 0.1) is 0 Å². The number of rotatable bonds is 0. The first-order chi connectivity index (χ1) is 14.4. The van der Waals surface area contributed by atoms with E-state index in [4.69, 9.17) is 18.9 Å².